The number of hydrogen-bond donors (Lipinski definition) is 0. The van der Waals surface area contributed by atoms with Crippen LogP contribution in [0.1, 0.15) is 19.8 Å². The van der Waals surface area contributed by atoms with E-state index in [0.29, 0.717) is 0 Å². The van der Waals surface area contributed by atoms with Crippen molar-refractivity contribution in [2.24, 2.45) is 0 Å². The number of alkyl halides is 2. The Bertz CT molecular complexity index is 115. The molecule has 0 N–H and O–H groups in total. The van der Waals surface area contributed by atoms with Crippen LogP contribution >= 0.6 is 0 Å². The van der Waals surface area contributed by atoms with Gasteiger partial charge in [0.05, 0.1) is 0 Å². The Morgan fingerprint density at radius 2 is 2.11 bits per heavy atom. The third-order valence-electron chi connectivity index (χ3n) is 0.785. The first-order chi connectivity index (χ1) is 4.00. The van der Waals surface area contributed by atoms with E-state index in [4.69, 9.17) is 0 Å². The zero-order valence-corrected chi connectivity index (χ0v) is 5.71. The Balaban J connectivity index is 3.85. The maximum Gasteiger partial charge on any atom is 0.309 e. The number of rotatable bonds is 3. The van der Waals surface area contributed by atoms with Crippen LogP contribution in [-0.2, 0) is 11.1 Å². The molecule has 0 radical (unpaired) electrons. The smallest absolute Gasteiger partial charge is 0.309 e. The van der Waals surface area contributed by atoms with Gasteiger partial charge in [0.2, 0.25) is 0 Å². The fourth-order valence-corrected chi connectivity index (χ4v) is 0.745. The molecular weight excluding hydrogens is 150 g/mol. The lowest BCUT2D eigenvalue weighted by Crippen LogP contribution is -2.21. The minimum absolute atomic E-state index is 0.168. The van der Waals surface area contributed by atoms with Gasteiger partial charge in [-0.15, -0.1) is 0 Å². The van der Waals surface area contributed by atoms with Gasteiger partial charge in [0.25, 0.3) is 0 Å². The molecule has 5 heteroatoms. The van der Waals surface area contributed by atoms with E-state index in [-0.39, 0.29) is 6.42 Å². The Hall–Kier alpha value is -0.0300. The summed E-state index contributed by atoms with van der Waals surface area (Å²) in [5, 5.41) is -3.53. The van der Waals surface area contributed by atoms with Crippen molar-refractivity contribution in [1.29, 1.82) is 0 Å². The van der Waals surface area contributed by atoms with Crippen molar-refractivity contribution in [2.75, 3.05) is 0 Å². The van der Waals surface area contributed by atoms with Crippen LogP contribution in [0.15, 0.2) is 0 Å². The first-order valence-electron chi connectivity index (χ1n) is 2.48. The van der Waals surface area contributed by atoms with Crippen LogP contribution in [0.5, 0.6) is 0 Å². The Kier molecular flexibility index (Phi) is 3.21. The summed E-state index contributed by atoms with van der Waals surface area (Å²) in [5.74, 6) is 0. The molecular formula is C4H7F2O2S-. The average Bonchev–Trinajstić information content (AvgIpc) is 1.65. The Morgan fingerprint density at radius 3 is 2.22 bits per heavy atom. The molecule has 2 nitrogen and oxygen atoms in total. The lowest BCUT2D eigenvalue weighted by Gasteiger charge is -2.17. The van der Waals surface area contributed by atoms with E-state index in [1.807, 2.05) is 0 Å². The predicted molar refractivity (Wildman–Crippen MR) is 28.8 cm³/mol. The summed E-state index contributed by atoms with van der Waals surface area (Å²) in [7, 11) is 0. The molecule has 9 heavy (non-hydrogen) atoms. The molecule has 0 aliphatic rings. The first kappa shape index (κ1) is 8.97. The van der Waals surface area contributed by atoms with Crippen molar-refractivity contribution in [3.63, 3.8) is 0 Å². The number of hydrogen-bond acceptors (Lipinski definition) is 2. The van der Waals surface area contributed by atoms with E-state index in [9.17, 15) is 17.5 Å². The largest absolute Gasteiger partial charge is 0.768 e. The maximum absolute atomic E-state index is 11.9. The quantitative estimate of drug-likeness (QED) is 0.578. The highest BCUT2D eigenvalue weighted by molar-refractivity contribution is 7.80. The van der Waals surface area contributed by atoms with Crippen molar-refractivity contribution < 1.29 is 17.5 Å². The van der Waals surface area contributed by atoms with Crippen molar-refractivity contribution in [3.8, 4) is 0 Å². The summed E-state index contributed by atoms with van der Waals surface area (Å²) in [6.07, 6.45) is -0.426. The molecule has 0 heterocycles. The molecule has 0 rings (SSSR count). The molecule has 0 spiro atoms. The van der Waals surface area contributed by atoms with Gasteiger partial charge in [-0.2, -0.15) is 8.78 Å². The second kappa shape index (κ2) is 3.22. The molecule has 0 fully saturated rings. The van der Waals surface area contributed by atoms with Gasteiger partial charge in [-0.25, -0.2) is 0 Å². The molecule has 56 valence electrons. The summed E-state index contributed by atoms with van der Waals surface area (Å²) in [6.45, 7) is 1.50. The SMILES string of the molecule is CCCC(F)(F)S(=O)[O-]. The minimum Gasteiger partial charge on any atom is -0.768 e. The third kappa shape index (κ3) is 2.86. The minimum atomic E-state index is -3.53. The van der Waals surface area contributed by atoms with E-state index >= 15 is 0 Å². The van der Waals surface area contributed by atoms with E-state index in [2.05, 4.69) is 0 Å². The van der Waals surface area contributed by atoms with Gasteiger partial charge in [0, 0.05) is 17.5 Å². The molecule has 0 aromatic rings. The summed E-state index contributed by atoms with van der Waals surface area (Å²) < 4.78 is 43.2. The summed E-state index contributed by atoms with van der Waals surface area (Å²) >= 11 is -3.26. The predicted octanol–water partition coefficient (Wildman–Crippen LogP) is 1.26. The third-order valence-corrected chi connectivity index (χ3v) is 1.48. The molecule has 0 aliphatic carbocycles. The van der Waals surface area contributed by atoms with E-state index in [1.165, 1.54) is 6.92 Å². The molecule has 0 amide bonds. The van der Waals surface area contributed by atoms with E-state index < -0.39 is 22.8 Å². The fourth-order valence-electron chi connectivity index (χ4n) is 0.374. The standard InChI is InChI=1S/C4H8F2O2S/c1-2-3-4(5,6)9(7)8/h2-3H2,1H3,(H,7,8)/p-1. The van der Waals surface area contributed by atoms with Crippen LogP contribution in [0.4, 0.5) is 8.78 Å². The van der Waals surface area contributed by atoms with Crippen LogP contribution in [0.25, 0.3) is 0 Å². The maximum atomic E-state index is 11.9. The molecule has 0 bridgehead atoms. The second-order valence-corrected chi connectivity index (χ2v) is 2.69. The molecule has 0 aliphatic heterocycles. The van der Waals surface area contributed by atoms with Crippen molar-refractivity contribution in [1.82, 2.24) is 0 Å². The van der Waals surface area contributed by atoms with Gasteiger partial charge < -0.3 is 4.55 Å². The van der Waals surface area contributed by atoms with E-state index in [1.54, 1.807) is 0 Å². The molecule has 0 saturated heterocycles. The van der Waals surface area contributed by atoms with Gasteiger partial charge in [0.15, 0.2) is 0 Å². The summed E-state index contributed by atoms with van der Waals surface area (Å²) in [4.78, 5) is 0. The van der Waals surface area contributed by atoms with Crippen LogP contribution in [-0.4, -0.2) is 14.0 Å². The zero-order chi connectivity index (χ0) is 7.49. The highest BCUT2D eigenvalue weighted by Crippen LogP contribution is 2.22. The van der Waals surface area contributed by atoms with Gasteiger partial charge in [-0.05, 0) is 6.42 Å². The molecule has 1 unspecified atom stereocenters. The lowest BCUT2D eigenvalue weighted by molar-refractivity contribution is 0.0785. The zero-order valence-electron chi connectivity index (χ0n) is 4.89. The summed E-state index contributed by atoms with van der Waals surface area (Å²) in [5.41, 5.74) is 0. The van der Waals surface area contributed by atoms with Crippen LogP contribution < -0.4 is 0 Å². The van der Waals surface area contributed by atoms with Crippen molar-refractivity contribution in [2.45, 2.75) is 25.0 Å². The Labute approximate surface area is 54.5 Å². The van der Waals surface area contributed by atoms with Crippen molar-refractivity contribution >= 4 is 11.1 Å². The van der Waals surface area contributed by atoms with Gasteiger partial charge >= 0.3 is 5.25 Å². The highest BCUT2D eigenvalue weighted by atomic mass is 32.2. The normalized spacial score (nSPS) is 15.6. The number of halogens is 2. The first-order valence-corrected chi connectivity index (χ1v) is 3.55. The second-order valence-electron chi connectivity index (χ2n) is 1.62. The van der Waals surface area contributed by atoms with Gasteiger partial charge in [0.1, 0.15) is 0 Å². The fraction of sp³-hybridized carbons (Fsp3) is 1.00. The highest BCUT2D eigenvalue weighted by Gasteiger charge is 2.28. The van der Waals surface area contributed by atoms with Gasteiger partial charge in [-0.1, -0.05) is 6.92 Å². The van der Waals surface area contributed by atoms with Crippen LogP contribution in [0, 0.1) is 0 Å². The molecule has 0 aromatic heterocycles. The monoisotopic (exact) mass is 157 g/mol. The molecule has 0 aromatic carbocycles. The van der Waals surface area contributed by atoms with Gasteiger partial charge in [-0.3, -0.25) is 4.21 Å². The average molecular weight is 157 g/mol. The molecule has 0 saturated carbocycles. The van der Waals surface area contributed by atoms with E-state index in [0.717, 1.165) is 0 Å². The van der Waals surface area contributed by atoms with Crippen molar-refractivity contribution in [3.05, 3.63) is 0 Å². The van der Waals surface area contributed by atoms with Crippen LogP contribution in [0.2, 0.25) is 0 Å². The summed E-state index contributed by atoms with van der Waals surface area (Å²) in [6, 6.07) is 0. The molecule has 1 atom stereocenters. The lowest BCUT2D eigenvalue weighted by atomic mass is 10.3. The van der Waals surface area contributed by atoms with Crippen LogP contribution in [0.3, 0.4) is 0 Å². The Morgan fingerprint density at radius 1 is 1.67 bits per heavy atom. The topological polar surface area (TPSA) is 40.1 Å².